The molecule has 0 atom stereocenters. The van der Waals surface area contributed by atoms with E-state index in [4.69, 9.17) is 4.98 Å². The van der Waals surface area contributed by atoms with Crippen molar-refractivity contribution in [2.45, 2.75) is 186 Å². The summed E-state index contributed by atoms with van der Waals surface area (Å²) in [6.45, 7) is 43.7. The average molecular weight is 934 g/mol. The minimum Gasteiger partial charge on any atom is -0.342 e. The summed E-state index contributed by atoms with van der Waals surface area (Å²) in [5, 5.41) is 2.04. The number of rotatable bonds is 7. The van der Waals surface area contributed by atoms with Crippen LogP contribution in [0, 0.1) is 38.2 Å². The second kappa shape index (κ2) is 21.2. The van der Waals surface area contributed by atoms with Crippen molar-refractivity contribution in [3.63, 3.8) is 0 Å². The van der Waals surface area contributed by atoms with Gasteiger partial charge in [0.15, 0.2) is 0 Å². The standard InChI is InChI=1S/C16H23NS.C15H20FN.C14H18FN.C13H17FN2/c1-9(2)12-8-17-14-10(3)11(4)18-15(14)13(12)16(5,6)7;1-9(2)15-11(5)13-8-12(16)6-7-14(13)17(15)10(3)4;1-9(2)14-8-11-7-12(15)5-6-13(11)16(14)10(3)4;1-8(2)13-15-11-7-10(14)5-6-12(11)16(13)9(3)4/h8-9H,1-7H3;6-10H,1-5H3;5-10H,1-4H3;5-9H,1-4H3. The van der Waals surface area contributed by atoms with Crippen LogP contribution in [0.3, 0.4) is 0 Å². The summed E-state index contributed by atoms with van der Waals surface area (Å²) in [5.74, 6) is 2.26. The fourth-order valence-corrected chi connectivity index (χ4v) is 10.9. The van der Waals surface area contributed by atoms with Gasteiger partial charge in [-0.1, -0.05) is 76.2 Å². The molecule has 362 valence electrons. The van der Waals surface area contributed by atoms with Gasteiger partial charge in [0.2, 0.25) is 0 Å². The van der Waals surface area contributed by atoms with Gasteiger partial charge >= 0.3 is 0 Å². The molecule has 0 aliphatic heterocycles. The van der Waals surface area contributed by atoms with Crippen molar-refractivity contribution >= 4 is 54.4 Å². The van der Waals surface area contributed by atoms with Crippen LogP contribution in [0.4, 0.5) is 13.2 Å². The van der Waals surface area contributed by atoms with Gasteiger partial charge in [0.25, 0.3) is 0 Å². The van der Waals surface area contributed by atoms with E-state index < -0.39 is 0 Å². The van der Waals surface area contributed by atoms with Gasteiger partial charge in [0.05, 0.1) is 21.3 Å². The summed E-state index contributed by atoms with van der Waals surface area (Å²) >= 11 is 1.90. The number of fused-ring (bicyclic) bond motifs is 4. The molecule has 0 aliphatic rings. The molecule has 9 heteroatoms. The first kappa shape index (κ1) is 53.1. The van der Waals surface area contributed by atoms with Crippen LogP contribution in [0.2, 0.25) is 0 Å². The molecule has 5 nitrogen and oxygen atoms in total. The van der Waals surface area contributed by atoms with Crippen LogP contribution < -0.4 is 0 Å². The zero-order chi connectivity index (χ0) is 50.1. The van der Waals surface area contributed by atoms with Gasteiger partial charge in [-0.2, -0.15) is 0 Å². The predicted octanol–water partition coefficient (Wildman–Crippen LogP) is 18.5. The van der Waals surface area contributed by atoms with E-state index in [2.05, 4.69) is 169 Å². The highest BCUT2D eigenvalue weighted by Crippen LogP contribution is 2.41. The molecular weight excluding hydrogens is 856 g/mol. The third-order valence-corrected chi connectivity index (χ3v) is 13.8. The second-order valence-corrected chi connectivity index (χ2v) is 22.6. The monoisotopic (exact) mass is 934 g/mol. The summed E-state index contributed by atoms with van der Waals surface area (Å²) in [4.78, 5) is 10.6. The lowest BCUT2D eigenvalue weighted by Gasteiger charge is -2.25. The number of halogens is 3. The molecule has 0 fully saturated rings. The third kappa shape index (κ3) is 11.4. The van der Waals surface area contributed by atoms with Gasteiger partial charge in [0.1, 0.15) is 23.3 Å². The van der Waals surface area contributed by atoms with E-state index in [1.807, 2.05) is 29.5 Å². The number of hydrogen-bond acceptors (Lipinski definition) is 3. The molecule has 0 N–H and O–H groups in total. The maximum atomic E-state index is 13.4. The smallest absolute Gasteiger partial charge is 0.125 e. The number of imidazole rings is 1. The zero-order valence-electron chi connectivity index (χ0n) is 44.2. The molecule has 0 bridgehead atoms. The number of thiophene rings is 1. The molecule has 8 rings (SSSR count). The first-order chi connectivity index (χ1) is 31.2. The Balaban J connectivity index is 0.000000167. The Bertz CT molecular complexity index is 2870. The second-order valence-electron chi connectivity index (χ2n) is 21.4. The van der Waals surface area contributed by atoms with Crippen molar-refractivity contribution in [2.24, 2.45) is 0 Å². The molecule has 0 radical (unpaired) electrons. The molecule has 0 amide bonds. The van der Waals surface area contributed by atoms with Crippen LogP contribution >= 0.6 is 11.3 Å². The number of aromatic nitrogens is 5. The van der Waals surface area contributed by atoms with E-state index in [0.717, 1.165) is 38.7 Å². The molecule has 0 aliphatic carbocycles. The van der Waals surface area contributed by atoms with Crippen molar-refractivity contribution in [1.29, 1.82) is 0 Å². The van der Waals surface area contributed by atoms with Crippen molar-refractivity contribution in [1.82, 2.24) is 23.7 Å². The number of hydrogen-bond donors (Lipinski definition) is 0. The molecular formula is C58H78F3N5S. The number of nitrogens with zero attached hydrogens (tertiary/aromatic N) is 5. The van der Waals surface area contributed by atoms with Gasteiger partial charge in [-0.15, -0.1) is 11.3 Å². The first-order valence-corrected chi connectivity index (χ1v) is 25.2. The zero-order valence-corrected chi connectivity index (χ0v) is 45.0. The van der Waals surface area contributed by atoms with Gasteiger partial charge < -0.3 is 13.7 Å². The Morgan fingerprint density at radius 1 is 0.552 bits per heavy atom. The summed E-state index contributed by atoms with van der Waals surface area (Å²) in [5.41, 5.74) is 13.4. The van der Waals surface area contributed by atoms with Gasteiger partial charge in [-0.3, -0.25) is 4.98 Å². The minimum absolute atomic E-state index is 0.156. The lowest BCUT2D eigenvalue weighted by molar-refractivity contribution is 0.564. The molecule has 0 saturated carbocycles. The average Bonchev–Trinajstić information content (AvgIpc) is 3.96. The molecule has 5 heterocycles. The van der Waals surface area contributed by atoms with E-state index in [0.29, 0.717) is 41.8 Å². The highest BCUT2D eigenvalue weighted by Gasteiger charge is 2.25. The van der Waals surface area contributed by atoms with E-state index in [1.54, 1.807) is 18.2 Å². The van der Waals surface area contributed by atoms with Crippen LogP contribution in [0.5, 0.6) is 0 Å². The Morgan fingerprint density at radius 2 is 1.09 bits per heavy atom. The molecule has 67 heavy (non-hydrogen) atoms. The molecule has 0 spiro atoms. The summed E-state index contributed by atoms with van der Waals surface area (Å²) in [6, 6.07) is 18.1. The molecule has 8 aromatic rings. The van der Waals surface area contributed by atoms with Crippen molar-refractivity contribution in [3.05, 3.63) is 129 Å². The fraction of sp³-hybridized carbons (Fsp3) is 0.483. The molecule has 0 unspecified atom stereocenters. The Labute approximate surface area is 403 Å². The van der Waals surface area contributed by atoms with E-state index in [9.17, 15) is 13.2 Å². The van der Waals surface area contributed by atoms with Crippen LogP contribution in [0.15, 0.2) is 66.9 Å². The Morgan fingerprint density at radius 3 is 1.60 bits per heavy atom. The van der Waals surface area contributed by atoms with Crippen molar-refractivity contribution in [3.8, 4) is 0 Å². The largest absolute Gasteiger partial charge is 0.342 e. The maximum Gasteiger partial charge on any atom is 0.125 e. The number of pyridine rings is 1. The van der Waals surface area contributed by atoms with Crippen molar-refractivity contribution < 1.29 is 13.2 Å². The fourth-order valence-electron chi connectivity index (χ4n) is 9.51. The summed E-state index contributed by atoms with van der Waals surface area (Å²) in [6.07, 6.45) is 2.09. The van der Waals surface area contributed by atoms with Crippen molar-refractivity contribution in [2.75, 3.05) is 0 Å². The van der Waals surface area contributed by atoms with E-state index >= 15 is 0 Å². The predicted molar refractivity (Wildman–Crippen MR) is 284 cm³/mol. The SMILES string of the molecule is CC(C)c1cc2cc(F)ccc2n1C(C)C.CC(C)c1nc2cc(F)ccc2n1C(C)C.Cc1c(C(C)C)n(C(C)C)c2ccc(F)cc12.Cc1sc2c(C(C)(C)C)c(C(C)C)cnc2c1C. The van der Waals surface area contributed by atoms with Crippen LogP contribution in [-0.2, 0) is 5.41 Å². The molecule has 5 aromatic heterocycles. The highest BCUT2D eigenvalue weighted by atomic mass is 32.1. The molecule has 0 saturated heterocycles. The van der Waals surface area contributed by atoms with E-state index in [1.165, 1.54) is 66.9 Å². The lowest BCUT2D eigenvalue weighted by atomic mass is 9.81. The van der Waals surface area contributed by atoms with Crippen LogP contribution in [0.25, 0.3) is 43.1 Å². The molecule has 3 aromatic carbocycles. The van der Waals surface area contributed by atoms with Gasteiger partial charge in [-0.25, -0.2) is 18.2 Å². The number of aryl methyl sites for hydroxylation is 3. The first-order valence-electron chi connectivity index (χ1n) is 24.3. The normalized spacial score (nSPS) is 12.1. The lowest BCUT2D eigenvalue weighted by Crippen LogP contribution is -2.15. The summed E-state index contributed by atoms with van der Waals surface area (Å²) in [7, 11) is 0. The maximum absolute atomic E-state index is 13.4. The van der Waals surface area contributed by atoms with Gasteiger partial charge in [0, 0.05) is 74.4 Å². The van der Waals surface area contributed by atoms with Gasteiger partial charge in [-0.05, 0) is 162 Å². The Hall–Kier alpha value is -4.89. The quantitative estimate of drug-likeness (QED) is 0.160. The number of benzene rings is 3. The minimum atomic E-state index is -0.226. The Kier molecular flexibility index (Phi) is 16.8. The topological polar surface area (TPSA) is 40.6 Å². The third-order valence-electron chi connectivity index (χ3n) is 12.6. The van der Waals surface area contributed by atoms with Crippen LogP contribution in [-0.4, -0.2) is 23.7 Å². The van der Waals surface area contributed by atoms with E-state index in [-0.39, 0.29) is 22.9 Å². The van der Waals surface area contributed by atoms with Crippen LogP contribution in [0.1, 0.15) is 204 Å². The highest BCUT2D eigenvalue weighted by molar-refractivity contribution is 7.19. The summed E-state index contributed by atoms with van der Waals surface area (Å²) < 4.78 is 47.8.